The summed E-state index contributed by atoms with van der Waals surface area (Å²) >= 11 is 0. The monoisotopic (exact) mass is 274 g/mol. The molecule has 0 aliphatic rings. The van der Waals surface area contributed by atoms with Crippen LogP contribution in [0.4, 0.5) is 0 Å². The molecule has 1 heterocycles. The number of carboxylic acid groups (broad SMARTS) is 1. The van der Waals surface area contributed by atoms with Crippen LogP contribution in [0.15, 0.2) is 30.5 Å². The molecule has 0 unspecified atom stereocenters. The summed E-state index contributed by atoms with van der Waals surface area (Å²) in [5.41, 5.74) is 1.93. The molecule has 0 saturated carbocycles. The van der Waals surface area contributed by atoms with E-state index in [4.69, 9.17) is 9.84 Å². The Morgan fingerprint density at radius 3 is 2.65 bits per heavy atom. The third-order valence-corrected chi connectivity index (χ3v) is 3.21. The quantitative estimate of drug-likeness (QED) is 0.877. The smallest absolute Gasteiger partial charge is 0.309 e. The number of hydrogen-bond donors (Lipinski definition) is 1. The Kier molecular flexibility index (Phi) is 4.40. The zero-order chi connectivity index (χ0) is 14.5. The largest absolute Gasteiger partial charge is 0.486 e. The molecular weight excluding hydrogens is 256 g/mol. The first kappa shape index (κ1) is 14.1. The average molecular weight is 274 g/mol. The number of nitrogens with zero attached hydrogens (tertiary/aromatic N) is 2. The van der Waals surface area contributed by atoms with Crippen molar-refractivity contribution in [1.29, 1.82) is 0 Å². The molecule has 5 heteroatoms. The van der Waals surface area contributed by atoms with Crippen LogP contribution in [-0.2, 0) is 31.3 Å². The molecule has 0 saturated heterocycles. The predicted molar refractivity (Wildman–Crippen MR) is 74.7 cm³/mol. The highest BCUT2D eigenvalue weighted by Crippen LogP contribution is 2.14. The van der Waals surface area contributed by atoms with Gasteiger partial charge in [0.2, 0.25) is 0 Å². The summed E-state index contributed by atoms with van der Waals surface area (Å²) in [4.78, 5) is 14.9. The van der Waals surface area contributed by atoms with Crippen LogP contribution >= 0.6 is 0 Å². The topological polar surface area (TPSA) is 64.3 Å². The molecular formula is C15H18N2O3. The standard InChI is InChI=1S/C15H18N2O3/c1-3-11-4-6-13(7-5-11)20-10-14-16-9-12(17(14)2)8-15(18)19/h4-7,9H,3,8,10H2,1-2H3,(H,18,19). The third-order valence-electron chi connectivity index (χ3n) is 3.21. The molecule has 0 bridgehead atoms. The Balaban J connectivity index is 1.99. The van der Waals surface area contributed by atoms with Gasteiger partial charge in [-0.15, -0.1) is 0 Å². The first-order valence-electron chi connectivity index (χ1n) is 6.53. The second kappa shape index (κ2) is 6.23. The van der Waals surface area contributed by atoms with Crippen molar-refractivity contribution in [3.05, 3.63) is 47.5 Å². The SMILES string of the molecule is CCc1ccc(OCc2ncc(CC(=O)O)n2C)cc1. The van der Waals surface area contributed by atoms with Crippen LogP contribution in [0, 0.1) is 0 Å². The Morgan fingerprint density at radius 2 is 2.05 bits per heavy atom. The molecule has 0 radical (unpaired) electrons. The zero-order valence-corrected chi connectivity index (χ0v) is 11.7. The molecule has 2 rings (SSSR count). The molecule has 0 atom stereocenters. The maximum atomic E-state index is 10.7. The number of imidazole rings is 1. The minimum Gasteiger partial charge on any atom is -0.486 e. The number of aliphatic carboxylic acids is 1. The first-order valence-corrected chi connectivity index (χ1v) is 6.53. The van der Waals surface area contributed by atoms with E-state index in [0.29, 0.717) is 18.1 Å². The van der Waals surface area contributed by atoms with E-state index in [2.05, 4.69) is 11.9 Å². The highest BCUT2D eigenvalue weighted by atomic mass is 16.5. The van der Waals surface area contributed by atoms with Gasteiger partial charge in [-0.1, -0.05) is 19.1 Å². The molecule has 20 heavy (non-hydrogen) atoms. The number of carbonyl (C=O) groups is 1. The Morgan fingerprint density at radius 1 is 1.35 bits per heavy atom. The van der Waals surface area contributed by atoms with Crippen molar-refractivity contribution in [2.24, 2.45) is 7.05 Å². The lowest BCUT2D eigenvalue weighted by Crippen LogP contribution is -2.09. The number of hydrogen-bond acceptors (Lipinski definition) is 3. The van der Waals surface area contributed by atoms with E-state index in [1.807, 2.05) is 24.3 Å². The van der Waals surface area contributed by atoms with Gasteiger partial charge in [0.05, 0.1) is 6.42 Å². The second-order valence-corrected chi connectivity index (χ2v) is 4.58. The van der Waals surface area contributed by atoms with Crippen molar-refractivity contribution in [2.45, 2.75) is 26.4 Å². The summed E-state index contributed by atoms with van der Waals surface area (Å²) in [6.07, 6.45) is 2.54. The van der Waals surface area contributed by atoms with E-state index in [9.17, 15) is 4.79 Å². The highest BCUT2D eigenvalue weighted by molar-refractivity contribution is 5.69. The van der Waals surface area contributed by atoms with Gasteiger partial charge in [0.25, 0.3) is 0 Å². The van der Waals surface area contributed by atoms with Crippen molar-refractivity contribution >= 4 is 5.97 Å². The van der Waals surface area contributed by atoms with E-state index >= 15 is 0 Å². The highest BCUT2D eigenvalue weighted by Gasteiger charge is 2.10. The third kappa shape index (κ3) is 3.38. The fourth-order valence-corrected chi connectivity index (χ4v) is 1.91. The second-order valence-electron chi connectivity index (χ2n) is 4.58. The number of benzene rings is 1. The van der Waals surface area contributed by atoms with Gasteiger partial charge in [-0.25, -0.2) is 4.98 Å². The lowest BCUT2D eigenvalue weighted by Gasteiger charge is -2.08. The number of ether oxygens (including phenoxy) is 1. The van der Waals surface area contributed by atoms with Gasteiger partial charge in [-0.2, -0.15) is 0 Å². The van der Waals surface area contributed by atoms with Crippen molar-refractivity contribution in [3.63, 3.8) is 0 Å². The van der Waals surface area contributed by atoms with Gasteiger partial charge in [0.1, 0.15) is 18.2 Å². The minimum atomic E-state index is -0.865. The van der Waals surface area contributed by atoms with Gasteiger partial charge >= 0.3 is 5.97 Å². The van der Waals surface area contributed by atoms with Crippen LogP contribution in [-0.4, -0.2) is 20.6 Å². The van der Waals surface area contributed by atoms with Crippen LogP contribution in [0.25, 0.3) is 0 Å². The molecule has 0 aliphatic heterocycles. The van der Waals surface area contributed by atoms with Crippen molar-refractivity contribution in [3.8, 4) is 5.75 Å². The summed E-state index contributed by atoms with van der Waals surface area (Å²) in [7, 11) is 1.80. The minimum absolute atomic E-state index is 0.0330. The first-order chi connectivity index (χ1) is 9.60. The summed E-state index contributed by atoms with van der Waals surface area (Å²) in [6.45, 7) is 2.43. The van der Waals surface area contributed by atoms with Gasteiger partial charge in [-0.3, -0.25) is 4.79 Å². The lowest BCUT2D eigenvalue weighted by atomic mass is 10.2. The molecule has 0 fully saturated rings. The van der Waals surface area contributed by atoms with Gasteiger partial charge in [0, 0.05) is 18.9 Å². The lowest BCUT2D eigenvalue weighted by molar-refractivity contribution is -0.136. The van der Waals surface area contributed by atoms with Gasteiger partial charge in [-0.05, 0) is 24.1 Å². The van der Waals surface area contributed by atoms with Crippen molar-refractivity contribution in [1.82, 2.24) is 9.55 Å². The van der Waals surface area contributed by atoms with Gasteiger partial charge < -0.3 is 14.4 Å². The van der Waals surface area contributed by atoms with Gasteiger partial charge in [0.15, 0.2) is 0 Å². The van der Waals surface area contributed by atoms with E-state index in [0.717, 1.165) is 12.2 Å². The van der Waals surface area contributed by atoms with Crippen molar-refractivity contribution in [2.75, 3.05) is 0 Å². The molecule has 0 spiro atoms. The average Bonchev–Trinajstić information content (AvgIpc) is 2.77. The molecule has 1 N–H and O–H groups in total. The van der Waals surface area contributed by atoms with E-state index in [1.165, 1.54) is 5.56 Å². The molecule has 2 aromatic rings. The molecule has 0 aliphatic carbocycles. The van der Waals surface area contributed by atoms with Crippen LogP contribution < -0.4 is 4.74 Å². The van der Waals surface area contributed by atoms with Crippen LogP contribution in [0.1, 0.15) is 24.0 Å². The predicted octanol–water partition coefficient (Wildman–Crippen LogP) is 2.19. The molecule has 106 valence electrons. The van der Waals surface area contributed by atoms with Crippen LogP contribution in [0.5, 0.6) is 5.75 Å². The molecule has 1 aromatic heterocycles. The van der Waals surface area contributed by atoms with Crippen molar-refractivity contribution < 1.29 is 14.6 Å². The molecule has 0 amide bonds. The summed E-state index contributed by atoms with van der Waals surface area (Å²) < 4.78 is 7.42. The maximum Gasteiger partial charge on any atom is 0.309 e. The number of carboxylic acids is 1. The fourth-order valence-electron chi connectivity index (χ4n) is 1.91. The van der Waals surface area contributed by atoms with Crippen LogP contribution in [0.3, 0.4) is 0 Å². The summed E-state index contributed by atoms with van der Waals surface area (Å²) in [5, 5.41) is 8.79. The Bertz CT molecular complexity index is 588. The molecule has 5 nitrogen and oxygen atoms in total. The number of aromatic nitrogens is 2. The fraction of sp³-hybridized carbons (Fsp3) is 0.333. The number of aryl methyl sites for hydroxylation is 1. The summed E-state index contributed by atoms with van der Waals surface area (Å²) in [6, 6.07) is 7.92. The number of rotatable bonds is 6. The Labute approximate surface area is 117 Å². The van der Waals surface area contributed by atoms with E-state index in [1.54, 1.807) is 17.8 Å². The zero-order valence-electron chi connectivity index (χ0n) is 11.7. The summed E-state index contributed by atoms with van der Waals surface area (Å²) in [5.74, 6) is 0.626. The normalized spacial score (nSPS) is 10.5. The van der Waals surface area contributed by atoms with E-state index in [-0.39, 0.29) is 6.42 Å². The van der Waals surface area contributed by atoms with Crippen LogP contribution in [0.2, 0.25) is 0 Å². The maximum absolute atomic E-state index is 10.7. The Hall–Kier alpha value is -2.30. The van der Waals surface area contributed by atoms with E-state index < -0.39 is 5.97 Å². The molecule has 1 aromatic carbocycles.